The molecule has 0 aliphatic rings. The molecule has 194 valence electrons. The lowest BCUT2D eigenvalue weighted by Gasteiger charge is -2.33. The monoisotopic (exact) mass is 507 g/mol. The summed E-state index contributed by atoms with van der Waals surface area (Å²) < 4.78 is 1.82. The van der Waals surface area contributed by atoms with Crippen molar-refractivity contribution < 1.29 is 0 Å². The summed E-state index contributed by atoms with van der Waals surface area (Å²) in [5.41, 5.74) is 5.25. The predicted octanol–water partition coefficient (Wildman–Crippen LogP) is 5.07. The molecule has 3 aromatic heterocycles. The van der Waals surface area contributed by atoms with Crippen LogP contribution in [0.4, 0.5) is 0 Å². The zero-order chi connectivity index (χ0) is 26.9. The number of nitrogens with zero attached hydrogens (tertiary/aromatic N) is 6. The summed E-state index contributed by atoms with van der Waals surface area (Å²) in [4.78, 5) is 23.6. The molecule has 0 saturated carbocycles. The Morgan fingerprint density at radius 2 is 1.71 bits per heavy atom. The molecule has 8 nitrogen and oxygen atoms in total. The van der Waals surface area contributed by atoms with Crippen LogP contribution in [0.3, 0.4) is 0 Å². The second kappa shape index (κ2) is 10.3. The lowest BCUT2D eigenvalue weighted by molar-refractivity contribution is 0.184. The molecule has 8 heteroatoms. The summed E-state index contributed by atoms with van der Waals surface area (Å²) in [6.07, 6.45) is 3.63. The van der Waals surface area contributed by atoms with E-state index in [1.165, 1.54) is 0 Å². The molecular formula is C30H33N7O. The zero-order valence-electron chi connectivity index (χ0n) is 22.5. The fraction of sp³-hybridized carbons (Fsp3) is 0.300. The number of hydrogen-bond donors (Lipinski definition) is 1. The normalized spacial score (nSPS) is 12.8. The summed E-state index contributed by atoms with van der Waals surface area (Å²) >= 11 is 0. The molecule has 1 N–H and O–H groups in total. The Morgan fingerprint density at radius 3 is 2.42 bits per heavy atom. The van der Waals surface area contributed by atoms with Gasteiger partial charge in [-0.2, -0.15) is 0 Å². The van der Waals surface area contributed by atoms with Crippen molar-refractivity contribution in [3.8, 4) is 0 Å². The largest absolute Gasteiger partial charge is 0.321 e. The maximum absolute atomic E-state index is 13.8. The number of aryl methyl sites for hydroxylation is 2. The highest BCUT2D eigenvalue weighted by molar-refractivity contribution is 5.83. The molecule has 5 rings (SSSR count). The minimum absolute atomic E-state index is 0.151. The van der Waals surface area contributed by atoms with Gasteiger partial charge in [0, 0.05) is 31.0 Å². The average Bonchev–Trinajstić information content (AvgIpc) is 3.37. The number of aromatic amines is 1. The van der Waals surface area contributed by atoms with Crippen molar-refractivity contribution in [3.05, 3.63) is 117 Å². The highest BCUT2D eigenvalue weighted by atomic mass is 16.1. The van der Waals surface area contributed by atoms with Gasteiger partial charge in [-0.1, -0.05) is 48.0 Å². The summed E-state index contributed by atoms with van der Waals surface area (Å²) in [6.45, 7) is 11.4. The van der Waals surface area contributed by atoms with E-state index in [0.29, 0.717) is 24.5 Å². The molecule has 0 fully saturated rings. The third-order valence-corrected chi connectivity index (χ3v) is 6.69. The SMILES string of the molecule is Cc1cc(C)c2[nH]c(=O)c([C@@H](c3nnnn3C(C)(C)C)N(Cc3ccccc3)Cc3cccnc3)cc2c1. The van der Waals surface area contributed by atoms with E-state index in [1.807, 2.05) is 54.2 Å². The van der Waals surface area contributed by atoms with Crippen molar-refractivity contribution in [1.82, 2.24) is 35.1 Å². The lowest BCUT2D eigenvalue weighted by Crippen LogP contribution is -2.37. The molecule has 0 spiro atoms. The molecule has 1 atom stereocenters. The number of nitrogens with one attached hydrogen (secondary N) is 1. The third-order valence-electron chi connectivity index (χ3n) is 6.69. The minimum Gasteiger partial charge on any atom is -0.321 e. The quantitative estimate of drug-likeness (QED) is 0.331. The first kappa shape index (κ1) is 25.5. The Labute approximate surface area is 222 Å². The maximum Gasteiger partial charge on any atom is 0.253 e. The van der Waals surface area contributed by atoms with Gasteiger partial charge in [0.2, 0.25) is 0 Å². The molecule has 3 heterocycles. The molecule has 0 amide bonds. The number of fused-ring (bicyclic) bond motifs is 1. The molecule has 2 aromatic carbocycles. The van der Waals surface area contributed by atoms with Crippen molar-refractivity contribution in [2.24, 2.45) is 0 Å². The molecule has 0 aliphatic carbocycles. The summed E-state index contributed by atoms with van der Waals surface area (Å²) in [7, 11) is 0. The van der Waals surface area contributed by atoms with Gasteiger partial charge in [-0.05, 0) is 85.3 Å². The molecule has 5 aromatic rings. The van der Waals surface area contributed by atoms with Crippen molar-refractivity contribution in [2.75, 3.05) is 0 Å². The average molecular weight is 508 g/mol. The standard InChI is InChI=1S/C30H33N7O/c1-20-14-21(2)26-24(15-20)16-25(29(38)32-26)27(28-33-34-35-37(28)30(3,4)5)36(18-22-10-7-6-8-11-22)19-23-12-9-13-31-17-23/h6-17,27H,18-19H2,1-5H3,(H,32,38)/t27-/m0/s1. The molecule has 0 saturated heterocycles. The highest BCUT2D eigenvalue weighted by Gasteiger charge is 2.33. The molecular weight excluding hydrogens is 474 g/mol. The van der Waals surface area contributed by atoms with Crippen LogP contribution in [0.15, 0.2) is 77.9 Å². The Kier molecular flexibility index (Phi) is 6.91. The minimum atomic E-state index is -0.515. The van der Waals surface area contributed by atoms with Crippen LogP contribution >= 0.6 is 0 Å². The van der Waals surface area contributed by atoms with E-state index in [4.69, 9.17) is 0 Å². The topological polar surface area (TPSA) is 92.6 Å². The number of rotatable bonds is 7. The summed E-state index contributed by atoms with van der Waals surface area (Å²) in [6, 6.07) is 19.9. The van der Waals surface area contributed by atoms with Gasteiger partial charge in [-0.3, -0.25) is 14.7 Å². The van der Waals surface area contributed by atoms with E-state index in [0.717, 1.165) is 33.2 Å². The van der Waals surface area contributed by atoms with Gasteiger partial charge in [0.05, 0.1) is 11.1 Å². The van der Waals surface area contributed by atoms with Gasteiger partial charge in [0.25, 0.3) is 5.56 Å². The second-order valence-corrected chi connectivity index (χ2v) is 10.9. The van der Waals surface area contributed by atoms with E-state index in [-0.39, 0.29) is 11.1 Å². The number of hydrogen-bond acceptors (Lipinski definition) is 6. The van der Waals surface area contributed by atoms with Gasteiger partial charge >= 0.3 is 0 Å². The smallest absolute Gasteiger partial charge is 0.253 e. The van der Waals surface area contributed by atoms with Gasteiger partial charge in [-0.25, -0.2) is 4.68 Å². The van der Waals surface area contributed by atoms with Crippen molar-refractivity contribution in [3.63, 3.8) is 0 Å². The number of tetrazole rings is 1. The van der Waals surface area contributed by atoms with Crippen LogP contribution in [0.5, 0.6) is 0 Å². The Morgan fingerprint density at radius 1 is 0.974 bits per heavy atom. The van der Waals surface area contributed by atoms with E-state index in [1.54, 1.807) is 6.20 Å². The van der Waals surface area contributed by atoms with Gasteiger partial charge in [0.1, 0.15) is 6.04 Å². The number of pyridine rings is 2. The van der Waals surface area contributed by atoms with Crippen LogP contribution < -0.4 is 5.56 Å². The molecule has 38 heavy (non-hydrogen) atoms. The zero-order valence-corrected chi connectivity index (χ0v) is 22.5. The summed E-state index contributed by atoms with van der Waals surface area (Å²) in [5, 5.41) is 13.9. The Balaban J connectivity index is 1.75. The van der Waals surface area contributed by atoms with Gasteiger partial charge in [0.15, 0.2) is 5.82 Å². The predicted molar refractivity (Wildman–Crippen MR) is 149 cm³/mol. The lowest BCUT2D eigenvalue weighted by atomic mass is 9.99. The maximum atomic E-state index is 13.8. The second-order valence-electron chi connectivity index (χ2n) is 10.9. The highest BCUT2D eigenvalue weighted by Crippen LogP contribution is 2.32. The van der Waals surface area contributed by atoms with Crippen LogP contribution in [-0.4, -0.2) is 35.1 Å². The molecule has 0 aliphatic heterocycles. The van der Waals surface area contributed by atoms with E-state index >= 15 is 0 Å². The fourth-order valence-corrected chi connectivity index (χ4v) is 5.03. The van der Waals surface area contributed by atoms with E-state index in [9.17, 15) is 4.79 Å². The van der Waals surface area contributed by atoms with Crippen LogP contribution in [-0.2, 0) is 18.6 Å². The number of H-pyrrole nitrogens is 1. The third kappa shape index (κ3) is 5.26. The number of aromatic nitrogens is 6. The molecule has 0 unspecified atom stereocenters. The van der Waals surface area contributed by atoms with Crippen molar-refractivity contribution in [1.29, 1.82) is 0 Å². The van der Waals surface area contributed by atoms with Crippen molar-refractivity contribution >= 4 is 10.9 Å². The van der Waals surface area contributed by atoms with Crippen molar-refractivity contribution in [2.45, 2.75) is 59.3 Å². The first-order valence-electron chi connectivity index (χ1n) is 12.8. The van der Waals surface area contributed by atoms with E-state index in [2.05, 4.69) is 82.4 Å². The molecule has 0 radical (unpaired) electrons. The summed E-state index contributed by atoms with van der Waals surface area (Å²) in [5.74, 6) is 0.617. The van der Waals surface area contributed by atoms with E-state index < -0.39 is 6.04 Å². The van der Waals surface area contributed by atoms with Gasteiger partial charge in [-0.15, -0.1) is 5.10 Å². The van der Waals surface area contributed by atoms with Gasteiger partial charge < -0.3 is 4.98 Å². The van der Waals surface area contributed by atoms with Crippen LogP contribution in [0, 0.1) is 13.8 Å². The molecule has 0 bridgehead atoms. The first-order valence-corrected chi connectivity index (χ1v) is 12.8. The fourth-order valence-electron chi connectivity index (χ4n) is 5.03. The van der Waals surface area contributed by atoms with Crippen LogP contribution in [0.25, 0.3) is 10.9 Å². The first-order chi connectivity index (χ1) is 18.2. The van der Waals surface area contributed by atoms with Crippen LogP contribution in [0.1, 0.15) is 60.5 Å². The Hall–Kier alpha value is -4.17. The van der Waals surface area contributed by atoms with Crippen LogP contribution in [0.2, 0.25) is 0 Å². The Bertz CT molecular complexity index is 1560. The number of benzene rings is 2.